The van der Waals surface area contributed by atoms with E-state index in [0.717, 1.165) is 30.3 Å². The number of hydrogen-bond donors (Lipinski definition) is 1. The topological polar surface area (TPSA) is 21.3 Å². The summed E-state index contributed by atoms with van der Waals surface area (Å²) in [5.41, 5.74) is 2.74. The number of hydrogen-bond acceptors (Lipinski definition) is 2. The summed E-state index contributed by atoms with van der Waals surface area (Å²) in [6.45, 7) is 2.98. The van der Waals surface area contributed by atoms with Gasteiger partial charge >= 0.3 is 0 Å². The van der Waals surface area contributed by atoms with Gasteiger partial charge in [0.25, 0.3) is 0 Å². The van der Waals surface area contributed by atoms with E-state index in [1.807, 2.05) is 0 Å². The van der Waals surface area contributed by atoms with Crippen LogP contribution in [0.15, 0.2) is 22.7 Å². The molecule has 88 valence electrons. The Morgan fingerprint density at radius 1 is 1.50 bits per heavy atom. The van der Waals surface area contributed by atoms with Crippen LogP contribution in [0.25, 0.3) is 0 Å². The van der Waals surface area contributed by atoms with Crippen molar-refractivity contribution in [3.8, 4) is 0 Å². The summed E-state index contributed by atoms with van der Waals surface area (Å²) in [6, 6.07) is 6.38. The highest BCUT2D eigenvalue weighted by molar-refractivity contribution is 9.10. The minimum atomic E-state index is 0.103. The molecule has 1 heterocycles. The van der Waals surface area contributed by atoms with Crippen LogP contribution in [0, 0.1) is 0 Å². The van der Waals surface area contributed by atoms with Crippen LogP contribution in [0.5, 0.6) is 0 Å². The van der Waals surface area contributed by atoms with Crippen molar-refractivity contribution in [3.05, 3.63) is 28.2 Å². The minimum Gasteiger partial charge on any atom is -0.382 e. The number of benzene rings is 1. The summed E-state index contributed by atoms with van der Waals surface area (Å²) >= 11 is 3.61. The van der Waals surface area contributed by atoms with E-state index in [0.29, 0.717) is 0 Å². The fraction of sp³-hybridized carbons (Fsp3) is 0.538. The lowest BCUT2D eigenvalue weighted by Crippen LogP contribution is -2.45. The van der Waals surface area contributed by atoms with Crippen LogP contribution in [-0.4, -0.2) is 19.3 Å². The van der Waals surface area contributed by atoms with Gasteiger partial charge in [-0.3, -0.25) is 0 Å². The summed E-state index contributed by atoms with van der Waals surface area (Å²) in [5, 5.41) is 3.66. The van der Waals surface area contributed by atoms with E-state index < -0.39 is 0 Å². The Kier molecular flexibility index (Phi) is 3.55. The zero-order chi connectivity index (χ0) is 11.6. The lowest BCUT2D eigenvalue weighted by molar-refractivity contribution is 0.133. The molecule has 1 aromatic carbocycles. The van der Waals surface area contributed by atoms with Crippen molar-refractivity contribution < 1.29 is 4.74 Å². The fourth-order valence-electron chi connectivity index (χ4n) is 2.37. The van der Waals surface area contributed by atoms with Crippen LogP contribution in [-0.2, 0) is 11.2 Å². The van der Waals surface area contributed by atoms with Crippen molar-refractivity contribution in [1.29, 1.82) is 0 Å². The first kappa shape index (κ1) is 11.9. The van der Waals surface area contributed by atoms with Gasteiger partial charge in [-0.25, -0.2) is 0 Å². The molecule has 1 N–H and O–H groups in total. The summed E-state index contributed by atoms with van der Waals surface area (Å²) < 4.78 is 6.50. The van der Waals surface area contributed by atoms with Gasteiger partial charge in [-0.15, -0.1) is 0 Å². The van der Waals surface area contributed by atoms with E-state index in [4.69, 9.17) is 4.74 Å². The van der Waals surface area contributed by atoms with E-state index in [2.05, 4.69) is 46.4 Å². The molecular formula is C13H18BrNO. The predicted octanol–water partition coefficient (Wildman–Crippen LogP) is 3.60. The molecule has 2 nitrogen and oxygen atoms in total. The number of para-hydroxylation sites is 1. The summed E-state index contributed by atoms with van der Waals surface area (Å²) in [7, 11) is 1.77. The molecule has 0 saturated carbocycles. The van der Waals surface area contributed by atoms with Crippen LogP contribution in [0.2, 0.25) is 0 Å². The average molecular weight is 284 g/mol. The standard InChI is InChI=1S/C13H18BrNO/c1-3-13(9-16-2)8-7-10-5-4-6-11(14)12(10)15-13/h4-6,15H,3,7-9H2,1-2H3. The molecule has 2 rings (SSSR count). The third-order valence-electron chi connectivity index (χ3n) is 3.46. The Labute approximate surface area is 106 Å². The number of fused-ring (bicyclic) bond motifs is 1. The third kappa shape index (κ3) is 2.11. The Hall–Kier alpha value is -0.540. The highest BCUT2D eigenvalue weighted by Gasteiger charge is 2.32. The first-order valence-electron chi connectivity index (χ1n) is 5.75. The normalized spacial score (nSPS) is 23.7. The quantitative estimate of drug-likeness (QED) is 0.915. The monoisotopic (exact) mass is 283 g/mol. The first-order chi connectivity index (χ1) is 7.71. The van der Waals surface area contributed by atoms with Gasteiger partial charge in [-0.05, 0) is 46.8 Å². The second kappa shape index (κ2) is 4.76. The Bertz CT molecular complexity index is 380. The molecule has 0 aliphatic carbocycles. The van der Waals surface area contributed by atoms with Crippen molar-refractivity contribution in [1.82, 2.24) is 0 Å². The van der Waals surface area contributed by atoms with Crippen molar-refractivity contribution in [2.45, 2.75) is 31.7 Å². The van der Waals surface area contributed by atoms with Crippen LogP contribution >= 0.6 is 15.9 Å². The second-order valence-corrected chi connectivity index (χ2v) is 5.32. The number of halogens is 1. The Morgan fingerprint density at radius 2 is 2.31 bits per heavy atom. The Balaban J connectivity index is 2.31. The molecule has 0 spiro atoms. The van der Waals surface area contributed by atoms with Crippen LogP contribution in [0.3, 0.4) is 0 Å². The molecular weight excluding hydrogens is 266 g/mol. The van der Waals surface area contributed by atoms with Crippen molar-refractivity contribution in [2.24, 2.45) is 0 Å². The SMILES string of the molecule is CCC1(COC)CCc2cccc(Br)c2N1. The van der Waals surface area contributed by atoms with Crippen LogP contribution in [0.4, 0.5) is 5.69 Å². The highest BCUT2D eigenvalue weighted by Crippen LogP contribution is 2.37. The largest absolute Gasteiger partial charge is 0.382 e. The molecule has 1 aliphatic rings. The number of anilines is 1. The van der Waals surface area contributed by atoms with Gasteiger partial charge in [0.05, 0.1) is 17.8 Å². The maximum atomic E-state index is 5.35. The number of methoxy groups -OCH3 is 1. The maximum Gasteiger partial charge on any atom is 0.0692 e. The first-order valence-corrected chi connectivity index (χ1v) is 6.54. The zero-order valence-corrected chi connectivity index (χ0v) is 11.4. The lowest BCUT2D eigenvalue weighted by Gasteiger charge is -2.39. The van der Waals surface area contributed by atoms with Gasteiger partial charge in [0.1, 0.15) is 0 Å². The van der Waals surface area contributed by atoms with Crippen molar-refractivity contribution in [2.75, 3.05) is 19.0 Å². The summed E-state index contributed by atoms with van der Waals surface area (Å²) in [5.74, 6) is 0. The predicted molar refractivity (Wildman–Crippen MR) is 71.0 cm³/mol. The maximum absolute atomic E-state index is 5.35. The van der Waals surface area contributed by atoms with Gasteiger partial charge in [0, 0.05) is 11.6 Å². The molecule has 0 amide bonds. The lowest BCUT2D eigenvalue weighted by atomic mass is 9.85. The van der Waals surface area contributed by atoms with E-state index >= 15 is 0 Å². The summed E-state index contributed by atoms with van der Waals surface area (Å²) in [4.78, 5) is 0. The van der Waals surface area contributed by atoms with Gasteiger partial charge < -0.3 is 10.1 Å². The van der Waals surface area contributed by atoms with Crippen LogP contribution < -0.4 is 5.32 Å². The van der Waals surface area contributed by atoms with E-state index in [1.165, 1.54) is 11.3 Å². The molecule has 16 heavy (non-hydrogen) atoms. The number of nitrogens with one attached hydrogen (secondary N) is 1. The minimum absolute atomic E-state index is 0.103. The smallest absolute Gasteiger partial charge is 0.0692 e. The Morgan fingerprint density at radius 3 is 3.00 bits per heavy atom. The molecule has 0 fully saturated rings. The third-order valence-corrected chi connectivity index (χ3v) is 4.12. The number of rotatable bonds is 3. The van der Waals surface area contributed by atoms with Gasteiger partial charge in [-0.2, -0.15) is 0 Å². The van der Waals surface area contributed by atoms with Gasteiger partial charge in [0.2, 0.25) is 0 Å². The number of aryl methyl sites for hydroxylation is 1. The second-order valence-electron chi connectivity index (χ2n) is 4.47. The molecule has 1 atom stereocenters. The molecule has 0 radical (unpaired) electrons. The molecule has 3 heteroatoms. The highest BCUT2D eigenvalue weighted by atomic mass is 79.9. The van der Waals surface area contributed by atoms with Gasteiger partial charge in [-0.1, -0.05) is 19.1 Å². The van der Waals surface area contributed by atoms with Crippen LogP contribution in [0.1, 0.15) is 25.3 Å². The average Bonchev–Trinajstić information content (AvgIpc) is 2.31. The molecule has 0 bridgehead atoms. The number of ether oxygens (including phenoxy) is 1. The van der Waals surface area contributed by atoms with Gasteiger partial charge in [0.15, 0.2) is 0 Å². The van der Waals surface area contributed by atoms with E-state index in [1.54, 1.807) is 7.11 Å². The van der Waals surface area contributed by atoms with E-state index in [-0.39, 0.29) is 5.54 Å². The molecule has 0 saturated heterocycles. The van der Waals surface area contributed by atoms with Crippen molar-refractivity contribution in [3.63, 3.8) is 0 Å². The zero-order valence-electron chi connectivity index (χ0n) is 9.85. The van der Waals surface area contributed by atoms with E-state index in [9.17, 15) is 0 Å². The molecule has 0 aromatic heterocycles. The molecule has 1 unspecified atom stereocenters. The summed E-state index contributed by atoms with van der Waals surface area (Å²) in [6.07, 6.45) is 3.35. The molecule has 1 aromatic rings. The molecule has 1 aliphatic heterocycles. The van der Waals surface area contributed by atoms with Crippen molar-refractivity contribution >= 4 is 21.6 Å². The fourth-order valence-corrected chi connectivity index (χ4v) is 2.88.